The van der Waals surface area contributed by atoms with Crippen molar-refractivity contribution in [2.45, 2.75) is 63.9 Å². The number of carbonyl (C=O) groups is 1. The molecule has 206 valence electrons. The molecule has 0 saturated carbocycles. The van der Waals surface area contributed by atoms with Crippen LogP contribution in [0.5, 0.6) is 5.75 Å². The van der Waals surface area contributed by atoms with E-state index in [1.165, 1.54) is 26.0 Å². The predicted octanol–water partition coefficient (Wildman–Crippen LogP) is 0.794. The molecule has 0 radical (unpaired) electrons. The largest absolute Gasteiger partial charge is 0.530 e. The summed E-state index contributed by atoms with van der Waals surface area (Å²) in [6.07, 6.45) is -5.59. The number of hydrogen-bond acceptors (Lipinski definition) is 13. The lowest BCUT2D eigenvalue weighted by Crippen LogP contribution is -2.48. The van der Waals surface area contributed by atoms with Crippen LogP contribution >= 0.6 is 7.82 Å². The molecule has 1 aliphatic heterocycles. The van der Waals surface area contributed by atoms with E-state index < -0.39 is 62.3 Å². The zero-order chi connectivity index (χ0) is 28.1. The van der Waals surface area contributed by atoms with Crippen molar-refractivity contribution in [1.82, 2.24) is 14.8 Å². The number of anilines is 1. The number of aromatic nitrogens is 3. The van der Waals surface area contributed by atoms with Gasteiger partial charge in [-0.2, -0.15) is 14.8 Å². The van der Waals surface area contributed by atoms with Crippen molar-refractivity contribution in [1.29, 1.82) is 0 Å². The third-order valence-corrected chi connectivity index (χ3v) is 6.57. The number of esters is 1. The van der Waals surface area contributed by atoms with Gasteiger partial charge in [0, 0.05) is 0 Å². The molecule has 4 N–H and O–H groups in total. The summed E-state index contributed by atoms with van der Waals surface area (Å²) in [5.74, 6) is 4.00. The Morgan fingerprint density at radius 2 is 2.00 bits per heavy atom. The molecular formula is C23H29N4O10P. The number of carbonyl (C=O) groups excluding carboxylic acids is 1. The number of phosphoric acid groups is 1. The number of aliphatic hydroxyl groups is 2. The van der Waals surface area contributed by atoms with Gasteiger partial charge in [0.2, 0.25) is 5.60 Å². The Labute approximate surface area is 218 Å². The molecule has 2 unspecified atom stereocenters. The van der Waals surface area contributed by atoms with Crippen molar-refractivity contribution in [3.8, 4) is 17.6 Å². The molecule has 38 heavy (non-hydrogen) atoms. The van der Waals surface area contributed by atoms with Gasteiger partial charge in [-0.15, -0.1) is 5.92 Å². The maximum atomic E-state index is 13.6. The summed E-state index contributed by atoms with van der Waals surface area (Å²) >= 11 is 0. The average Bonchev–Trinajstić information content (AvgIpc) is 3.08. The first-order chi connectivity index (χ1) is 17.9. The highest BCUT2D eigenvalue weighted by Gasteiger charge is 2.57. The number of benzene rings is 1. The van der Waals surface area contributed by atoms with Crippen LogP contribution in [0.15, 0.2) is 41.3 Å². The molecule has 0 amide bonds. The number of phosphoric ester groups is 1. The summed E-state index contributed by atoms with van der Waals surface area (Å²) in [4.78, 5) is 28.1. The van der Waals surface area contributed by atoms with Crippen molar-refractivity contribution < 1.29 is 42.6 Å². The van der Waals surface area contributed by atoms with Gasteiger partial charge in [0.1, 0.15) is 23.8 Å². The van der Waals surface area contributed by atoms with Gasteiger partial charge in [0.05, 0.1) is 18.9 Å². The first kappa shape index (κ1) is 29.2. The van der Waals surface area contributed by atoms with Crippen molar-refractivity contribution in [3.63, 3.8) is 0 Å². The molecule has 2 aromatic rings. The second-order valence-electron chi connectivity index (χ2n) is 8.46. The summed E-state index contributed by atoms with van der Waals surface area (Å²) in [6.45, 7) is 5.28. The molecule has 1 aliphatic rings. The number of nitrogen functional groups attached to an aromatic ring is 1. The van der Waals surface area contributed by atoms with Gasteiger partial charge in [0.25, 0.3) is 0 Å². The van der Waals surface area contributed by atoms with Gasteiger partial charge < -0.3 is 29.9 Å². The Morgan fingerprint density at radius 3 is 2.61 bits per heavy atom. The van der Waals surface area contributed by atoms with E-state index in [1.807, 2.05) is 0 Å². The second-order valence-corrected chi connectivity index (χ2v) is 10.0. The van der Waals surface area contributed by atoms with E-state index in [4.69, 9.17) is 28.8 Å². The first-order valence-electron chi connectivity index (χ1n) is 11.5. The van der Waals surface area contributed by atoms with Gasteiger partial charge in [-0.1, -0.05) is 24.1 Å². The summed E-state index contributed by atoms with van der Waals surface area (Å²) in [5.41, 5.74) is 2.16. The highest BCUT2D eigenvalue weighted by atomic mass is 31.2. The van der Waals surface area contributed by atoms with E-state index in [2.05, 4.69) is 21.9 Å². The highest BCUT2D eigenvalue weighted by Crippen LogP contribution is 2.51. The molecule has 0 aliphatic carbocycles. The number of rotatable bonds is 10. The third-order valence-electron chi connectivity index (χ3n) is 5.09. The van der Waals surface area contributed by atoms with Gasteiger partial charge in [-0.05, 0) is 39.8 Å². The van der Waals surface area contributed by atoms with E-state index >= 15 is 0 Å². The second kappa shape index (κ2) is 12.0. The lowest BCUT2D eigenvalue weighted by atomic mass is 9.95. The fraction of sp³-hybridized carbons (Fsp3) is 0.478. The van der Waals surface area contributed by atoms with E-state index in [0.717, 1.165) is 6.20 Å². The van der Waals surface area contributed by atoms with E-state index in [0.29, 0.717) is 4.68 Å². The topological polar surface area (TPSA) is 195 Å². The van der Waals surface area contributed by atoms with Crippen LogP contribution in [-0.2, 0) is 27.9 Å². The minimum atomic E-state index is -4.56. The Balaban J connectivity index is 1.86. The minimum Gasteiger partial charge on any atom is -0.461 e. The van der Waals surface area contributed by atoms with Crippen molar-refractivity contribution in [3.05, 3.63) is 47.0 Å². The molecule has 1 aromatic heterocycles. The van der Waals surface area contributed by atoms with Crippen LogP contribution < -0.4 is 15.9 Å². The zero-order valence-electron chi connectivity index (χ0n) is 21.1. The SMILES string of the molecule is CC#C[C@@]1(O)C(O)[C@@H](COP(=O)(Oc2ccccc2)O[C@@H](C)C(=O)OC(C)C)O[C@H]1n1ncc(N)nc1=O. The fourth-order valence-electron chi connectivity index (χ4n) is 3.42. The molecule has 3 rings (SSSR count). The standard InChI is InChI=1S/C23H29N4O10P/c1-5-11-23(31)19(28)17(35-21(23)27-22(30)26-18(24)12-25-27)13-33-38(32,37-16-9-7-6-8-10-16)36-15(4)20(29)34-14(2)3/h6-10,12,14-15,17,19,21,28,31H,13H2,1-4H3,(H2,24,26,30)/t15-,17+,19?,21+,23+,38?/m0/s1. The number of hydrogen-bond donors (Lipinski definition) is 3. The van der Waals surface area contributed by atoms with Crippen molar-refractivity contribution >= 4 is 19.6 Å². The maximum Gasteiger partial charge on any atom is 0.530 e. The van der Waals surface area contributed by atoms with Crippen LogP contribution in [0, 0.1) is 11.8 Å². The molecule has 1 saturated heterocycles. The molecule has 15 heteroatoms. The van der Waals surface area contributed by atoms with Gasteiger partial charge in [-0.25, -0.2) is 14.2 Å². The smallest absolute Gasteiger partial charge is 0.461 e. The van der Waals surface area contributed by atoms with Gasteiger partial charge >= 0.3 is 19.5 Å². The van der Waals surface area contributed by atoms with E-state index in [1.54, 1.807) is 32.0 Å². The Hall–Kier alpha value is -3.31. The van der Waals surface area contributed by atoms with Crippen LogP contribution in [0.25, 0.3) is 0 Å². The van der Waals surface area contributed by atoms with Gasteiger partial charge in [0.15, 0.2) is 12.3 Å². The minimum absolute atomic E-state index is 0.100. The summed E-state index contributed by atoms with van der Waals surface area (Å²) in [5, 5.41) is 25.8. The maximum absolute atomic E-state index is 13.6. The summed E-state index contributed by atoms with van der Waals surface area (Å²) < 4.78 is 41.2. The number of aliphatic hydroxyl groups excluding tert-OH is 1. The number of nitrogens with two attached hydrogens (primary N) is 1. The monoisotopic (exact) mass is 552 g/mol. The van der Waals surface area contributed by atoms with Crippen LogP contribution in [0.2, 0.25) is 0 Å². The molecule has 2 heterocycles. The molecule has 1 aromatic carbocycles. The predicted molar refractivity (Wildman–Crippen MR) is 131 cm³/mol. The summed E-state index contributed by atoms with van der Waals surface area (Å²) in [6, 6.07) is 7.88. The van der Waals surface area contributed by atoms with Crippen LogP contribution in [0.4, 0.5) is 5.82 Å². The fourth-order valence-corrected chi connectivity index (χ4v) is 4.76. The lowest BCUT2D eigenvalue weighted by molar-refractivity contribution is -0.156. The molecule has 0 bridgehead atoms. The third kappa shape index (κ3) is 6.76. The normalized spacial score (nSPS) is 25.2. The van der Waals surface area contributed by atoms with E-state index in [-0.39, 0.29) is 11.6 Å². The number of nitrogens with zero attached hydrogens (tertiary/aromatic N) is 3. The first-order valence-corrected chi connectivity index (χ1v) is 12.9. The molecular weight excluding hydrogens is 523 g/mol. The Morgan fingerprint density at radius 1 is 1.32 bits per heavy atom. The number of para-hydroxylation sites is 1. The van der Waals surface area contributed by atoms with E-state index in [9.17, 15) is 24.4 Å². The molecule has 0 spiro atoms. The highest BCUT2D eigenvalue weighted by molar-refractivity contribution is 7.49. The quantitative estimate of drug-likeness (QED) is 0.213. The van der Waals surface area contributed by atoms with Gasteiger partial charge in [-0.3, -0.25) is 9.05 Å². The van der Waals surface area contributed by atoms with Crippen LogP contribution in [0.3, 0.4) is 0 Å². The van der Waals surface area contributed by atoms with Crippen molar-refractivity contribution in [2.75, 3.05) is 12.3 Å². The van der Waals surface area contributed by atoms with Crippen molar-refractivity contribution in [2.24, 2.45) is 0 Å². The Bertz CT molecular complexity index is 1290. The molecule has 14 nitrogen and oxygen atoms in total. The molecule has 6 atom stereocenters. The summed E-state index contributed by atoms with van der Waals surface area (Å²) in [7, 11) is -4.56. The Kier molecular flexibility index (Phi) is 9.26. The van der Waals surface area contributed by atoms with Crippen LogP contribution in [0.1, 0.15) is 33.9 Å². The zero-order valence-corrected chi connectivity index (χ0v) is 22.0. The lowest BCUT2D eigenvalue weighted by Gasteiger charge is -2.25. The number of ether oxygens (including phenoxy) is 2. The molecule has 1 fully saturated rings. The van der Waals surface area contributed by atoms with Crippen LogP contribution in [-0.4, -0.2) is 67.6 Å². The average molecular weight is 552 g/mol.